The summed E-state index contributed by atoms with van der Waals surface area (Å²) in [5, 5.41) is -0.358. The molecule has 0 aromatic heterocycles. The monoisotopic (exact) mass is 280 g/mol. The largest absolute Gasteiger partial charge is 0.466 e. The highest BCUT2D eigenvalue weighted by Crippen LogP contribution is 2.37. The summed E-state index contributed by atoms with van der Waals surface area (Å²) >= 11 is 5.55. The molecule has 1 aromatic carbocycles. The Labute approximate surface area is 108 Å². The molecule has 100 valence electrons. The summed E-state index contributed by atoms with van der Waals surface area (Å²) in [4.78, 5) is 11.1. The van der Waals surface area contributed by atoms with Crippen molar-refractivity contribution < 1.29 is 22.7 Å². The van der Waals surface area contributed by atoms with Gasteiger partial charge in [0, 0.05) is 6.42 Å². The molecule has 0 heterocycles. The highest BCUT2D eigenvalue weighted by Gasteiger charge is 2.35. The molecule has 0 unspecified atom stereocenters. The first-order valence-corrected chi connectivity index (χ1v) is 5.74. The number of esters is 1. The Morgan fingerprint density at radius 2 is 2.06 bits per heavy atom. The molecule has 18 heavy (non-hydrogen) atoms. The normalized spacial score (nSPS) is 11.4. The third-order valence-electron chi connectivity index (χ3n) is 2.29. The molecule has 1 rings (SSSR count). The number of hydrogen-bond acceptors (Lipinski definition) is 2. The van der Waals surface area contributed by atoms with E-state index in [9.17, 15) is 18.0 Å². The van der Waals surface area contributed by atoms with Gasteiger partial charge in [-0.3, -0.25) is 4.79 Å². The maximum absolute atomic E-state index is 12.8. The molecule has 2 nitrogen and oxygen atoms in total. The van der Waals surface area contributed by atoms with Crippen molar-refractivity contribution in [2.75, 3.05) is 6.61 Å². The number of benzene rings is 1. The zero-order valence-electron chi connectivity index (χ0n) is 9.68. The van der Waals surface area contributed by atoms with Gasteiger partial charge in [-0.1, -0.05) is 23.7 Å². The zero-order chi connectivity index (χ0) is 13.8. The average molecular weight is 281 g/mol. The zero-order valence-corrected chi connectivity index (χ0v) is 10.4. The molecule has 0 saturated heterocycles. The van der Waals surface area contributed by atoms with E-state index in [1.165, 1.54) is 18.2 Å². The highest BCUT2D eigenvalue weighted by atomic mass is 35.5. The number of carbonyl (C=O) groups is 1. The number of rotatable bonds is 4. The van der Waals surface area contributed by atoms with Crippen molar-refractivity contribution in [2.24, 2.45) is 0 Å². The van der Waals surface area contributed by atoms with Crippen molar-refractivity contribution in [1.29, 1.82) is 0 Å². The Morgan fingerprint density at radius 1 is 1.39 bits per heavy atom. The summed E-state index contributed by atoms with van der Waals surface area (Å²) in [7, 11) is 0. The predicted molar refractivity (Wildman–Crippen MR) is 61.4 cm³/mol. The van der Waals surface area contributed by atoms with Crippen molar-refractivity contribution in [3.05, 3.63) is 34.3 Å². The molecule has 0 atom stereocenters. The van der Waals surface area contributed by atoms with Crippen LogP contribution in [0.1, 0.15) is 24.5 Å². The average Bonchev–Trinajstić information content (AvgIpc) is 2.25. The van der Waals surface area contributed by atoms with Crippen LogP contribution in [0.4, 0.5) is 13.2 Å². The number of aryl methyl sites for hydroxylation is 1. The Bertz CT molecular complexity index is 430. The Hall–Kier alpha value is -1.23. The van der Waals surface area contributed by atoms with E-state index in [0.717, 1.165) is 0 Å². The van der Waals surface area contributed by atoms with Crippen LogP contribution in [0.3, 0.4) is 0 Å². The summed E-state index contributed by atoms with van der Waals surface area (Å²) in [5.74, 6) is -0.523. The van der Waals surface area contributed by atoms with Gasteiger partial charge in [0.1, 0.15) is 0 Å². The lowest BCUT2D eigenvalue weighted by Crippen LogP contribution is -2.12. The van der Waals surface area contributed by atoms with E-state index in [-0.39, 0.29) is 30.0 Å². The van der Waals surface area contributed by atoms with Gasteiger partial charge >= 0.3 is 12.1 Å². The van der Waals surface area contributed by atoms with E-state index in [4.69, 9.17) is 11.6 Å². The second kappa shape index (κ2) is 6.09. The van der Waals surface area contributed by atoms with Crippen molar-refractivity contribution in [1.82, 2.24) is 0 Å². The molecule has 6 heteroatoms. The van der Waals surface area contributed by atoms with Gasteiger partial charge in [0.15, 0.2) is 0 Å². The van der Waals surface area contributed by atoms with Crippen LogP contribution in [0, 0.1) is 0 Å². The molecule has 1 aromatic rings. The topological polar surface area (TPSA) is 26.3 Å². The predicted octanol–water partition coefficient (Wildman–Crippen LogP) is 3.85. The van der Waals surface area contributed by atoms with Crippen LogP contribution in [0.5, 0.6) is 0 Å². The number of hydrogen-bond donors (Lipinski definition) is 0. The SMILES string of the molecule is CCOC(=O)CCc1cccc(Cl)c1C(F)(F)F. The summed E-state index contributed by atoms with van der Waals surface area (Å²) < 4.78 is 43.0. The van der Waals surface area contributed by atoms with E-state index >= 15 is 0 Å². The van der Waals surface area contributed by atoms with Gasteiger partial charge in [0.2, 0.25) is 0 Å². The van der Waals surface area contributed by atoms with E-state index in [0.29, 0.717) is 0 Å². The molecule has 0 radical (unpaired) electrons. The summed E-state index contributed by atoms with van der Waals surface area (Å²) in [6.07, 6.45) is -4.67. The first-order valence-electron chi connectivity index (χ1n) is 5.36. The van der Waals surface area contributed by atoms with Crippen LogP contribution in [-0.2, 0) is 22.1 Å². The lowest BCUT2D eigenvalue weighted by atomic mass is 10.0. The van der Waals surface area contributed by atoms with Crippen LogP contribution in [-0.4, -0.2) is 12.6 Å². The lowest BCUT2D eigenvalue weighted by molar-refractivity contribution is -0.144. The van der Waals surface area contributed by atoms with E-state index in [1.807, 2.05) is 0 Å². The minimum Gasteiger partial charge on any atom is -0.466 e. The number of alkyl halides is 3. The van der Waals surface area contributed by atoms with E-state index in [1.54, 1.807) is 6.92 Å². The molecule has 0 aliphatic carbocycles. The quantitative estimate of drug-likeness (QED) is 0.783. The summed E-state index contributed by atoms with van der Waals surface area (Å²) in [5.41, 5.74) is -0.876. The van der Waals surface area contributed by atoms with Crippen LogP contribution in [0.25, 0.3) is 0 Å². The van der Waals surface area contributed by atoms with Gasteiger partial charge in [-0.2, -0.15) is 13.2 Å². The molecule has 0 amide bonds. The molecule has 0 aliphatic rings. The van der Waals surface area contributed by atoms with Crippen LogP contribution < -0.4 is 0 Å². The third-order valence-corrected chi connectivity index (χ3v) is 2.60. The second-order valence-corrected chi connectivity index (χ2v) is 3.98. The number of ether oxygens (including phenoxy) is 1. The second-order valence-electron chi connectivity index (χ2n) is 3.58. The Balaban J connectivity index is 2.89. The van der Waals surface area contributed by atoms with Gasteiger partial charge in [0.25, 0.3) is 0 Å². The van der Waals surface area contributed by atoms with Gasteiger partial charge in [-0.15, -0.1) is 0 Å². The van der Waals surface area contributed by atoms with Crippen LogP contribution >= 0.6 is 11.6 Å². The molecule has 0 fully saturated rings. The van der Waals surface area contributed by atoms with E-state index in [2.05, 4.69) is 4.74 Å². The van der Waals surface area contributed by atoms with Crippen molar-refractivity contribution in [3.8, 4) is 0 Å². The summed E-state index contributed by atoms with van der Waals surface area (Å²) in [6, 6.07) is 3.92. The molecule has 0 N–H and O–H groups in total. The van der Waals surface area contributed by atoms with Gasteiger partial charge < -0.3 is 4.74 Å². The Kier molecular flexibility index (Phi) is 5.02. The van der Waals surface area contributed by atoms with Crippen molar-refractivity contribution in [3.63, 3.8) is 0 Å². The minimum atomic E-state index is -4.53. The number of carbonyl (C=O) groups excluding carboxylic acids is 1. The van der Waals surface area contributed by atoms with Gasteiger partial charge in [-0.05, 0) is 25.0 Å². The van der Waals surface area contributed by atoms with Crippen molar-refractivity contribution >= 4 is 17.6 Å². The van der Waals surface area contributed by atoms with Crippen LogP contribution in [0.15, 0.2) is 18.2 Å². The molecule has 0 saturated carbocycles. The molecular formula is C12H12ClF3O2. The van der Waals surface area contributed by atoms with Gasteiger partial charge in [0.05, 0.1) is 17.2 Å². The minimum absolute atomic E-state index is 0.00283. The van der Waals surface area contributed by atoms with Gasteiger partial charge in [-0.25, -0.2) is 0 Å². The number of halogens is 4. The standard InChI is InChI=1S/C12H12ClF3O2/c1-2-18-10(17)7-6-8-4-3-5-9(13)11(8)12(14,15)16/h3-5H,2,6-7H2,1H3. The maximum atomic E-state index is 12.8. The molecular weight excluding hydrogens is 269 g/mol. The first-order chi connectivity index (χ1) is 8.36. The fourth-order valence-corrected chi connectivity index (χ4v) is 1.87. The third kappa shape index (κ3) is 3.91. The molecule has 0 spiro atoms. The maximum Gasteiger partial charge on any atom is 0.418 e. The fraction of sp³-hybridized carbons (Fsp3) is 0.417. The van der Waals surface area contributed by atoms with E-state index < -0.39 is 17.7 Å². The summed E-state index contributed by atoms with van der Waals surface area (Å²) in [6.45, 7) is 1.85. The molecule has 0 aliphatic heterocycles. The fourth-order valence-electron chi connectivity index (χ4n) is 1.56. The van der Waals surface area contributed by atoms with Crippen LogP contribution in [0.2, 0.25) is 5.02 Å². The smallest absolute Gasteiger partial charge is 0.418 e. The Morgan fingerprint density at radius 3 is 2.61 bits per heavy atom. The van der Waals surface area contributed by atoms with Crippen molar-refractivity contribution in [2.45, 2.75) is 25.9 Å². The lowest BCUT2D eigenvalue weighted by Gasteiger charge is -2.14. The molecule has 0 bridgehead atoms. The highest BCUT2D eigenvalue weighted by molar-refractivity contribution is 6.31. The first kappa shape index (κ1) is 14.8.